The number of ether oxygens (including phenoxy) is 2. The van der Waals surface area contributed by atoms with Crippen molar-refractivity contribution in [1.29, 1.82) is 0 Å². The molecule has 8 nitrogen and oxygen atoms in total. The van der Waals surface area contributed by atoms with Gasteiger partial charge in [-0.15, -0.1) is 0 Å². The second-order valence-electron chi connectivity index (χ2n) is 9.28. The molecule has 0 aliphatic carbocycles. The van der Waals surface area contributed by atoms with E-state index in [2.05, 4.69) is 39.8 Å². The molecule has 1 amide bonds. The Bertz CT molecular complexity index is 1510. The van der Waals surface area contributed by atoms with E-state index in [1.807, 2.05) is 75.4 Å². The molecule has 4 aromatic rings. The summed E-state index contributed by atoms with van der Waals surface area (Å²) in [4.78, 5) is 18.0. The molecule has 5 rings (SSSR count). The molecular formula is C30H31N5O3. The Morgan fingerprint density at radius 2 is 1.84 bits per heavy atom. The van der Waals surface area contributed by atoms with Crippen molar-refractivity contribution in [3.8, 4) is 11.5 Å². The van der Waals surface area contributed by atoms with Crippen molar-refractivity contribution in [3.05, 3.63) is 107 Å². The largest absolute Gasteiger partial charge is 0.490 e. The van der Waals surface area contributed by atoms with Crippen molar-refractivity contribution < 1.29 is 14.3 Å². The molecule has 0 spiro atoms. The summed E-state index contributed by atoms with van der Waals surface area (Å²) >= 11 is 0. The van der Waals surface area contributed by atoms with Gasteiger partial charge in [0.2, 0.25) is 5.95 Å². The Morgan fingerprint density at radius 1 is 1.00 bits per heavy atom. The molecule has 38 heavy (non-hydrogen) atoms. The van der Waals surface area contributed by atoms with E-state index < -0.39 is 6.04 Å². The van der Waals surface area contributed by atoms with Crippen LogP contribution in [0.15, 0.2) is 84.3 Å². The average molecular weight is 510 g/mol. The lowest BCUT2D eigenvalue weighted by atomic mass is 9.94. The molecular weight excluding hydrogens is 478 g/mol. The van der Waals surface area contributed by atoms with E-state index in [0.717, 1.165) is 22.4 Å². The molecule has 2 heterocycles. The molecule has 0 saturated heterocycles. The molecule has 0 unspecified atom stereocenters. The topological polar surface area (TPSA) is 90.3 Å². The molecule has 2 N–H and O–H groups in total. The lowest BCUT2D eigenvalue weighted by molar-refractivity contribution is -0.113. The SMILES string of the molecule is CCOc1cc([C@@H]2C(C(=O)Nc3ccccc3C)=C(C)Nc3ncnn32)ccc1OCc1cccc(C)c1. The summed E-state index contributed by atoms with van der Waals surface area (Å²) in [7, 11) is 0. The minimum Gasteiger partial charge on any atom is -0.490 e. The van der Waals surface area contributed by atoms with Gasteiger partial charge in [-0.1, -0.05) is 54.1 Å². The number of carbonyl (C=O) groups is 1. The van der Waals surface area contributed by atoms with Gasteiger partial charge < -0.3 is 20.1 Å². The van der Waals surface area contributed by atoms with Gasteiger partial charge in [-0.3, -0.25) is 4.79 Å². The summed E-state index contributed by atoms with van der Waals surface area (Å²) in [6, 6.07) is 21.2. The minimum absolute atomic E-state index is 0.215. The van der Waals surface area contributed by atoms with E-state index in [1.165, 1.54) is 11.9 Å². The lowest BCUT2D eigenvalue weighted by Gasteiger charge is -2.29. The number of fused-ring (bicyclic) bond motifs is 1. The van der Waals surface area contributed by atoms with Gasteiger partial charge in [0.15, 0.2) is 11.5 Å². The second kappa shape index (κ2) is 10.8. The summed E-state index contributed by atoms with van der Waals surface area (Å²) in [6.07, 6.45) is 1.48. The Hall–Kier alpha value is -4.59. The zero-order valence-corrected chi connectivity index (χ0v) is 22.0. The number of aryl methyl sites for hydroxylation is 2. The molecule has 1 aliphatic rings. The van der Waals surface area contributed by atoms with Crippen molar-refractivity contribution in [2.75, 3.05) is 17.2 Å². The third kappa shape index (κ3) is 5.11. The maximum Gasteiger partial charge on any atom is 0.255 e. The fourth-order valence-electron chi connectivity index (χ4n) is 4.64. The molecule has 1 aromatic heterocycles. The van der Waals surface area contributed by atoms with Gasteiger partial charge in [-0.25, -0.2) is 4.68 Å². The van der Waals surface area contributed by atoms with E-state index in [1.54, 1.807) is 4.68 Å². The van der Waals surface area contributed by atoms with Crippen molar-refractivity contribution >= 4 is 17.5 Å². The van der Waals surface area contributed by atoms with Crippen LogP contribution in [-0.4, -0.2) is 27.3 Å². The molecule has 194 valence electrons. The highest BCUT2D eigenvalue weighted by Crippen LogP contribution is 2.39. The maximum absolute atomic E-state index is 13.7. The fourth-order valence-corrected chi connectivity index (χ4v) is 4.64. The lowest BCUT2D eigenvalue weighted by Crippen LogP contribution is -2.31. The monoisotopic (exact) mass is 509 g/mol. The first-order chi connectivity index (χ1) is 18.4. The quantitative estimate of drug-likeness (QED) is 0.312. The maximum atomic E-state index is 13.7. The Kier molecular flexibility index (Phi) is 7.13. The molecule has 1 atom stereocenters. The Balaban J connectivity index is 1.50. The number of nitrogens with zero attached hydrogens (tertiary/aromatic N) is 3. The van der Waals surface area contributed by atoms with Crippen molar-refractivity contribution in [1.82, 2.24) is 14.8 Å². The summed E-state index contributed by atoms with van der Waals surface area (Å²) in [5.74, 6) is 1.59. The smallest absolute Gasteiger partial charge is 0.255 e. The predicted molar refractivity (Wildman–Crippen MR) is 147 cm³/mol. The third-order valence-electron chi connectivity index (χ3n) is 6.49. The zero-order valence-electron chi connectivity index (χ0n) is 22.0. The van der Waals surface area contributed by atoms with Crippen LogP contribution in [-0.2, 0) is 11.4 Å². The van der Waals surface area contributed by atoms with Gasteiger partial charge >= 0.3 is 0 Å². The van der Waals surface area contributed by atoms with Crippen LogP contribution < -0.4 is 20.1 Å². The van der Waals surface area contributed by atoms with Crippen LogP contribution in [0.1, 0.15) is 42.1 Å². The number of hydrogen-bond donors (Lipinski definition) is 2. The third-order valence-corrected chi connectivity index (χ3v) is 6.49. The van der Waals surface area contributed by atoms with Gasteiger partial charge in [0.25, 0.3) is 5.91 Å². The number of allylic oxidation sites excluding steroid dienone is 1. The van der Waals surface area contributed by atoms with Crippen LogP contribution in [0.3, 0.4) is 0 Å². The van der Waals surface area contributed by atoms with Gasteiger partial charge in [-0.2, -0.15) is 10.1 Å². The van der Waals surface area contributed by atoms with E-state index >= 15 is 0 Å². The van der Waals surface area contributed by atoms with Crippen LogP contribution in [0, 0.1) is 13.8 Å². The first-order valence-corrected chi connectivity index (χ1v) is 12.6. The first-order valence-electron chi connectivity index (χ1n) is 12.6. The van der Waals surface area contributed by atoms with Crippen molar-refractivity contribution in [2.45, 2.75) is 40.3 Å². The Morgan fingerprint density at radius 3 is 2.63 bits per heavy atom. The molecule has 3 aromatic carbocycles. The van der Waals surface area contributed by atoms with Crippen LogP contribution >= 0.6 is 0 Å². The standard InChI is InChI=1S/C30H31N5O3/c1-5-37-26-16-23(13-14-25(26)38-17-22-11-8-9-19(2)15-22)28-27(21(4)33-30-31-18-32-35(28)30)29(36)34-24-12-7-6-10-20(24)3/h6-16,18,28H,5,17H2,1-4H3,(H,34,36)(H,31,32,33)/t28-/m1/s1. The van der Waals surface area contributed by atoms with E-state index in [0.29, 0.717) is 41.9 Å². The number of nitrogens with one attached hydrogen (secondary N) is 2. The number of benzene rings is 3. The first kappa shape index (κ1) is 25.1. The van der Waals surface area contributed by atoms with Crippen LogP contribution in [0.25, 0.3) is 0 Å². The summed E-state index contributed by atoms with van der Waals surface area (Å²) in [5, 5.41) is 10.7. The number of aromatic nitrogens is 3. The number of carbonyl (C=O) groups excluding carboxylic acids is 1. The average Bonchev–Trinajstić information content (AvgIpc) is 3.36. The number of amides is 1. The molecule has 8 heteroatoms. The van der Waals surface area contributed by atoms with Crippen molar-refractivity contribution in [3.63, 3.8) is 0 Å². The van der Waals surface area contributed by atoms with E-state index in [-0.39, 0.29) is 5.91 Å². The minimum atomic E-state index is -0.511. The highest BCUT2D eigenvalue weighted by Gasteiger charge is 2.34. The Labute approximate surface area is 222 Å². The van der Waals surface area contributed by atoms with Gasteiger partial charge in [0.1, 0.15) is 19.0 Å². The molecule has 1 aliphatic heterocycles. The summed E-state index contributed by atoms with van der Waals surface area (Å²) in [5.41, 5.74) is 6.08. The van der Waals surface area contributed by atoms with E-state index in [4.69, 9.17) is 9.47 Å². The van der Waals surface area contributed by atoms with Crippen LogP contribution in [0.2, 0.25) is 0 Å². The molecule has 0 bridgehead atoms. The highest BCUT2D eigenvalue weighted by molar-refractivity contribution is 6.06. The van der Waals surface area contributed by atoms with E-state index in [9.17, 15) is 4.79 Å². The summed E-state index contributed by atoms with van der Waals surface area (Å²) < 4.78 is 13.9. The van der Waals surface area contributed by atoms with Gasteiger partial charge in [-0.05, 0) is 62.6 Å². The second-order valence-corrected chi connectivity index (χ2v) is 9.28. The highest BCUT2D eigenvalue weighted by atomic mass is 16.5. The molecule has 0 fully saturated rings. The van der Waals surface area contributed by atoms with Crippen LogP contribution in [0.4, 0.5) is 11.6 Å². The number of anilines is 2. The van der Waals surface area contributed by atoms with Crippen LogP contribution in [0.5, 0.6) is 11.5 Å². The normalized spacial score (nSPS) is 14.5. The number of hydrogen-bond acceptors (Lipinski definition) is 6. The number of rotatable bonds is 8. The molecule has 0 radical (unpaired) electrons. The zero-order chi connectivity index (χ0) is 26.6. The van der Waals surface area contributed by atoms with Gasteiger partial charge in [0.05, 0.1) is 12.2 Å². The fraction of sp³-hybridized carbons (Fsp3) is 0.233. The van der Waals surface area contributed by atoms with Crippen molar-refractivity contribution in [2.24, 2.45) is 0 Å². The predicted octanol–water partition coefficient (Wildman–Crippen LogP) is 5.80. The van der Waals surface area contributed by atoms with Gasteiger partial charge in [0, 0.05) is 11.4 Å². The molecule has 0 saturated carbocycles. The summed E-state index contributed by atoms with van der Waals surface area (Å²) in [6.45, 7) is 8.73. The number of para-hydroxylation sites is 1.